The zero-order chi connectivity index (χ0) is 21.8. The second-order valence-corrected chi connectivity index (χ2v) is 8.09. The van der Waals surface area contributed by atoms with Crippen molar-refractivity contribution < 1.29 is 23.1 Å². The number of carbonyl (C=O) groups excluding carboxylic acids is 2. The summed E-state index contributed by atoms with van der Waals surface area (Å²) in [7, 11) is 1.20. The number of halogens is 2. The van der Waals surface area contributed by atoms with Gasteiger partial charge in [0.2, 0.25) is 11.7 Å². The lowest BCUT2D eigenvalue weighted by molar-refractivity contribution is -0.122. The van der Waals surface area contributed by atoms with E-state index in [1.54, 1.807) is 11.1 Å². The Bertz CT molecular complexity index is 1210. The Morgan fingerprint density at radius 3 is 2.90 bits per heavy atom. The van der Waals surface area contributed by atoms with Gasteiger partial charge >= 0.3 is 0 Å². The maximum Gasteiger partial charge on any atom is 0.257 e. The van der Waals surface area contributed by atoms with E-state index in [0.29, 0.717) is 31.6 Å². The molecule has 2 heterocycles. The monoisotopic (exact) mass is 426 g/mol. The number of aromatic amines is 1. The van der Waals surface area contributed by atoms with E-state index in [9.17, 15) is 18.4 Å². The largest absolute Gasteiger partial charge is 0.493 e. The molecule has 2 aliphatic rings. The van der Waals surface area contributed by atoms with Gasteiger partial charge in [0.15, 0.2) is 11.6 Å². The number of hydrogen-bond donors (Lipinski definition) is 2. The van der Waals surface area contributed by atoms with E-state index in [0.717, 1.165) is 17.0 Å². The van der Waals surface area contributed by atoms with Gasteiger partial charge in [0, 0.05) is 18.5 Å². The molecule has 1 aromatic heterocycles. The molecule has 2 N–H and O–H groups in total. The fraction of sp³-hybridized carbons (Fsp3) is 0.318. The van der Waals surface area contributed by atoms with Crippen LogP contribution in [0.1, 0.15) is 23.2 Å². The number of rotatable bonds is 4. The minimum atomic E-state index is -1.18. The maximum atomic E-state index is 14.0. The lowest BCUT2D eigenvalue weighted by Crippen LogP contribution is -2.42. The third kappa shape index (κ3) is 3.03. The molecule has 1 saturated carbocycles. The Labute approximate surface area is 176 Å². The molecule has 1 aliphatic heterocycles. The van der Waals surface area contributed by atoms with Crippen molar-refractivity contribution in [3.05, 3.63) is 53.7 Å². The summed E-state index contributed by atoms with van der Waals surface area (Å²) in [6.45, 7) is 0.727. The Balaban J connectivity index is 1.30. The maximum absolute atomic E-state index is 14.0. The summed E-state index contributed by atoms with van der Waals surface area (Å²) in [4.78, 5) is 27.6. The van der Waals surface area contributed by atoms with Crippen molar-refractivity contribution >= 4 is 28.4 Å². The summed E-state index contributed by atoms with van der Waals surface area (Å²) in [5.41, 5.74) is 0.997. The van der Waals surface area contributed by atoms with Gasteiger partial charge in [-0.1, -0.05) is 6.07 Å². The average molecular weight is 426 g/mol. The van der Waals surface area contributed by atoms with Crippen molar-refractivity contribution in [3.63, 3.8) is 0 Å². The third-order valence-electron chi connectivity index (χ3n) is 6.46. The van der Waals surface area contributed by atoms with Crippen LogP contribution in [0.15, 0.2) is 36.5 Å². The molecule has 1 aliphatic carbocycles. The Kier molecular flexibility index (Phi) is 4.42. The van der Waals surface area contributed by atoms with Crippen molar-refractivity contribution in [1.82, 2.24) is 15.1 Å². The molecule has 0 radical (unpaired) electrons. The van der Waals surface area contributed by atoms with Gasteiger partial charge in [-0.15, -0.1) is 0 Å². The number of nitrogens with one attached hydrogen (secondary N) is 2. The minimum Gasteiger partial charge on any atom is -0.493 e. The van der Waals surface area contributed by atoms with Crippen LogP contribution in [0.2, 0.25) is 0 Å². The van der Waals surface area contributed by atoms with Crippen LogP contribution in [0.3, 0.4) is 0 Å². The Morgan fingerprint density at radius 1 is 1.29 bits per heavy atom. The van der Waals surface area contributed by atoms with Crippen LogP contribution in [-0.4, -0.2) is 47.1 Å². The van der Waals surface area contributed by atoms with Crippen LogP contribution < -0.4 is 10.1 Å². The number of nitrogens with zero attached hydrogens (tertiary/aromatic N) is 2. The van der Waals surface area contributed by atoms with Crippen LogP contribution in [0.25, 0.3) is 10.9 Å². The van der Waals surface area contributed by atoms with Crippen molar-refractivity contribution in [1.29, 1.82) is 0 Å². The molecule has 3 aromatic rings. The van der Waals surface area contributed by atoms with Crippen LogP contribution in [0.4, 0.5) is 14.5 Å². The number of anilines is 1. The third-order valence-corrected chi connectivity index (χ3v) is 6.46. The summed E-state index contributed by atoms with van der Waals surface area (Å²) >= 11 is 0. The second kappa shape index (κ2) is 7.04. The highest BCUT2D eigenvalue weighted by Crippen LogP contribution is 2.58. The molecule has 31 heavy (non-hydrogen) atoms. The van der Waals surface area contributed by atoms with E-state index in [4.69, 9.17) is 4.74 Å². The molecule has 0 spiro atoms. The van der Waals surface area contributed by atoms with E-state index in [1.165, 1.54) is 13.2 Å². The minimum absolute atomic E-state index is 0.0186. The quantitative estimate of drug-likeness (QED) is 0.670. The number of likely N-dealkylation sites (tertiary alicyclic amines) is 1. The number of carbonyl (C=O) groups is 2. The van der Waals surface area contributed by atoms with Gasteiger partial charge in [-0.2, -0.15) is 9.49 Å². The molecule has 5 rings (SSSR count). The first-order valence-corrected chi connectivity index (χ1v) is 9.99. The van der Waals surface area contributed by atoms with Crippen LogP contribution in [0, 0.1) is 23.0 Å². The number of benzene rings is 2. The summed E-state index contributed by atoms with van der Waals surface area (Å²) in [5.74, 6) is -3.13. The van der Waals surface area contributed by atoms with Crippen LogP contribution in [0.5, 0.6) is 5.75 Å². The highest BCUT2D eigenvalue weighted by atomic mass is 19.2. The molecule has 0 bridgehead atoms. The van der Waals surface area contributed by atoms with Crippen LogP contribution >= 0.6 is 0 Å². The molecular formula is C22H20F2N4O3. The Morgan fingerprint density at radius 2 is 2.13 bits per heavy atom. The van der Waals surface area contributed by atoms with Gasteiger partial charge < -0.3 is 15.0 Å². The average Bonchev–Trinajstić information content (AvgIpc) is 3.33. The number of piperidine rings is 1. The lowest BCUT2D eigenvalue weighted by atomic mass is 9.93. The first kappa shape index (κ1) is 19.5. The predicted molar refractivity (Wildman–Crippen MR) is 109 cm³/mol. The summed E-state index contributed by atoms with van der Waals surface area (Å²) < 4.78 is 32.4. The van der Waals surface area contributed by atoms with E-state index in [2.05, 4.69) is 15.5 Å². The number of H-pyrrole nitrogens is 1. The predicted octanol–water partition coefficient (Wildman–Crippen LogP) is 3.34. The normalized spacial score (nSPS) is 22.2. The van der Waals surface area contributed by atoms with Gasteiger partial charge in [0.25, 0.3) is 5.91 Å². The molecule has 2 aromatic carbocycles. The molecule has 1 saturated heterocycles. The highest BCUT2D eigenvalue weighted by molar-refractivity contribution is 6.04. The number of ether oxygens (including phenoxy) is 1. The van der Waals surface area contributed by atoms with Crippen molar-refractivity contribution in [2.45, 2.75) is 12.8 Å². The van der Waals surface area contributed by atoms with Gasteiger partial charge in [-0.25, -0.2) is 4.39 Å². The van der Waals surface area contributed by atoms with E-state index < -0.39 is 28.7 Å². The number of fused-ring (bicyclic) bond motifs is 2. The topological polar surface area (TPSA) is 87.3 Å². The summed E-state index contributed by atoms with van der Waals surface area (Å²) in [5, 5.41) is 10.7. The standard InChI is InChI=1S/C22H20F2N4O3/c1-31-19-13(5-6-15(23)18(19)24)20(29)28-8-7-22(9-12(22)11-28)21(30)26-16-3-2-4-17-14(16)10-25-27-17/h2-6,10,12H,7-9,11H2,1H3,(H,25,27)(H,26,30). The highest BCUT2D eigenvalue weighted by Gasteiger charge is 2.62. The lowest BCUT2D eigenvalue weighted by Gasteiger charge is -2.31. The fourth-order valence-corrected chi connectivity index (χ4v) is 4.59. The van der Waals surface area contributed by atoms with Crippen molar-refractivity contribution in [3.8, 4) is 5.75 Å². The Hall–Kier alpha value is -3.49. The smallest absolute Gasteiger partial charge is 0.257 e. The number of aromatic nitrogens is 2. The summed E-state index contributed by atoms with van der Waals surface area (Å²) in [6.07, 6.45) is 2.85. The van der Waals surface area contributed by atoms with Gasteiger partial charge in [-0.3, -0.25) is 14.7 Å². The van der Waals surface area contributed by atoms with Crippen molar-refractivity contribution in [2.75, 3.05) is 25.5 Å². The first-order valence-electron chi connectivity index (χ1n) is 9.99. The second-order valence-electron chi connectivity index (χ2n) is 8.09. The van der Waals surface area contributed by atoms with E-state index in [-0.39, 0.29) is 17.4 Å². The number of hydrogen-bond acceptors (Lipinski definition) is 4. The number of amides is 2. The molecule has 2 atom stereocenters. The van der Waals surface area contributed by atoms with Gasteiger partial charge in [-0.05, 0) is 43.0 Å². The zero-order valence-corrected chi connectivity index (χ0v) is 16.7. The van der Waals surface area contributed by atoms with E-state index in [1.807, 2.05) is 18.2 Å². The first-order chi connectivity index (χ1) is 14.9. The molecule has 2 unspecified atom stereocenters. The zero-order valence-electron chi connectivity index (χ0n) is 16.7. The molecule has 2 fully saturated rings. The molecule has 9 heteroatoms. The molecule has 2 amide bonds. The van der Waals surface area contributed by atoms with Gasteiger partial charge in [0.1, 0.15) is 0 Å². The van der Waals surface area contributed by atoms with Crippen LogP contribution in [-0.2, 0) is 4.79 Å². The van der Waals surface area contributed by atoms with Gasteiger partial charge in [0.05, 0.1) is 35.5 Å². The number of methoxy groups -OCH3 is 1. The molecule has 160 valence electrons. The molecular weight excluding hydrogens is 406 g/mol. The SMILES string of the molecule is COc1c(C(=O)N2CCC3(C(=O)Nc4cccc5[nH]ncc45)CC3C2)ccc(F)c1F. The fourth-order valence-electron chi connectivity index (χ4n) is 4.59. The van der Waals surface area contributed by atoms with E-state index >= 15 is 0 Å². The molecule has 7 nitrogen and oxygen atoms in total. The van der Waals surface area contributed by atoms with Crippen molar-refractivity contribution in [2.24, 2.45) is 11.3 Å². The summed E-state index contributed by atoms with van der Waals surface area (Å²) in [6, 6.07) is 7.70.